The van der Waals surface area contributed by atoms with Gasteiger partial charge < -0.3 is 14.5 Å². The van der Waals surface area contributed by atoms with Gasteiger partial charge in [-0.2, -0.15) is 0 Å². The largest absolute Gasteiger partial charge is 0.415 e. The van der Waals surface area contributed by atoms with Gasteiger partial charge in [0.05, 0.1) is 0 Å². The summed E-state index contributed by atoms with van der Waals surface area (Å²) in [5.41, 5.74) is 0. The van der Waals surface area contributed by atoms with Crippen molar-refractivity contribution in [3.63, 3.8) is 0 Å². The van der Waals surface area contributed by atoms with Crippen LogP contribution in [0.3, 0.4) is 0 Å². The van der Waals surface area contributed by atoms with Crippen LogP contribution < -0.4 is 4.74 Å². The molecule has 0 aromatic heterocycles. The summed E-state index contributed by atoms with van der Waals surface area (Å²) < 4.78 is 5.26. The third-order valence-corrected chi connectivity index (χ3v) is 3.14. The first-order valence-corrected chi connectivity index (χ1v) is 6.50. The van der Waals surface area contributed by atoms with Crippen molar-refractivity contribution in [2.75, 3.05) is 26.2 Å². The Morgan fingerprint density at radius 2 is 1.63 bits per heavy atom. The van der Waals surface area contributed by atoms with Gasteiger partial charge in [-0.3, -0.25) is 4.79 Å². The highest BCUT2D eigenvalue weighted by Gasteiger charge is 2.24. The maximum atomic E-state index is 11.9. The molecule has 1 aliphatic rings. The lowest BCUT2D eigenvalue weighted by molar-refractivity contribution is -0.132. The smallest absolute Gasteiger partial charge is 0.410 e. The molecule has 5 nitrogen and oxygen atoms in total. The Labute approximate surface area is 112 Å². The van der Waals surface area contributed by atoms with Gasteiger partial charge in [-0.05, 0) is 12.1 Å². The molecular weight excluding hydrogens is 244 g/mol. The van der Waals surface area contributed by atoms with E-state index in [1.165, 1.54) is 0 Å². The number of ether oxygens (including phenoxy) is 1. The molecule has 102 valence electrons. The number of carbonyl (C=O) groups is 2. The van der Waals surface area contributed by atoms with E-state index in [2.05, 4.69) is 0 Å². The van der Waals surface area contributed by atoms with E-state index in [4.69, 9.17) is 4.74 Å². The predicted molar refractivity (Wildman–Crippen MR) is 70.9 cm³/mol. The fraction of sp³-hybridized carbons (Fsp3) is 0.429. The molecular formula is C14H18N2O3. The molecule has 0 unspecified atom stereocenters. The minimum Gasteiger partial charge on any atom is -0.410 e. The van der Waals surface area contributed by atoms with Crippen molar-refractivity contribution in [3.05, 3.63) is 30.3 Å². The number of carbonyl (C=O) groups excluding carboxylic acids is 2. The van der Waals surface area contributed by atoms with Gasteiger partial charge in [-0.1, -0.05) is 25.1 Å². The highest BCUT2D eigenvalue weighted by Crippen LogP contribution is 2.11. The molecule has 2 amide bonds. The zero-order valence-electron chi connectivity index (χ0n) is 11.0. The molecule has 5 heteroatoms. The van der Waals surface area contributed by atoms with E-state index in [9.17, 15) is 9.59 Å². The number of rotatable bonds is 2. The van der Waals surface area contributed by atoms with Gasteiger partial charge >= 0.3 is 6.09 Å². The van der Waals surface area contributed by atoms with Crippen molar-refractivity contribution in [1.82, 2.24) is 9.80 Å². The van der Waals surface area contributed by atoms with Crippen LogP contribution in [0.25, 0.3) is 0 Å². The second-order valence-corrected chi connectivity index (χ2v) is 4.40. The molecule has 0 spiro atoms. The molecule has 1 aliphatic heterocycles. The molecule has 2 rings (SSSR count). The Morgan fingerprint density at radius 1 is 1.05 bits per heavy atom. The summed E-state index contributed by atoms with van der Waals surface area (Å²) in [7, 11) is 0. The van der Waals surface area contributed by atoms with Gasteiger partial charge in [0.2, 0.25) is 5.91 Å². The molecule has 0 atom stereocenters. The standard InChI is InChI=1S/C14H18N2O3/c1-2-13(17)15-8-10-16(11-9-15)14(18)19-12-6-4-3-5-7-12/h3-7H,2,8-11H2,1H3. The van der Waals surface area contributed by atoms with Crippen LogP contribution in [0.4, 0.5) is 4.79 Å². The van der Waals surface area contributed by atoms with Crippen LogP contribution in [0, 0.1) is 0 Å². The summed E-state index contributed by atoms with van der Waals surface area (Å²) in [6, 6.07) is 9.00. The molecule has 1 aromatic carbocycles. The molecule has 0 aliphatic carbocycles. The predicted octanol–water partition coefficient (Wildman–Crippen LogP) is 1.74. The number of amides is 2. The summed E-state index contributed by atoms with van der Waals surface area (Å²) in [6.07, 6.45) is 0.156. The van der Waals surface area contributed by atoms with E-state index in [0.29, 0.717) is 38.3 Å². The second kappa shape index (κ2) is 6.22. The normalized spacial score (nSPS) is 15.2. The Hall–Kier alpha value is -2.04. The third-order valence-electron chi connectivity index (χ3n) is 3.14. The molecule has 1 aromatic rings. The minimum absolute atomic E-state index is 0.135. The summed E-state index contributed by atoms with van der Waals surface area (Å²) >= 11 is 0. The number of hydrogen-bond donors (Lipinski definition) is 0. The highest BCUT2D eigenvalue weighted by molar-refractivity contribution is 5.76. The van der Waals surface area contributed by atoms with Crippen molar-refractivity contribution in [2.45, 2.75) is 13.3 Å². The SMILES string of the molecule is CCC(=O)N1CCN(C(=O)Oc2ccccc2)CC1. The fourth-order valence-corrected chi connectivity index (χ4v) is 2.02. The molecule has 0 saturated carbocycles. The Balaban J connectivity index is 1.84. The summed E-state index contributed by atoms with van der Waals surface area (Å²) in [5.74, 6) is 0.677. The quantitative estimate of drug-likeness (QED) is 0.815. The Kier molecular flexibility index (Phi) is 4.39. The number of nitrogens with zero attached hydrogens (tertiary/aromatic N) is 2. The van der Waals surface area contributed by atoms with Crippen molar-refractivity contribution < 1.29 is 14.3 Å². The maximum absolute atomic E-state index is 11.9. The van der Waals surface area contributed by atoms with E-state index >= 15 is 0 Å². The van der Waals surface area contributed by atoms with Gasteiger partial charge in [0.1, 0.15) is 5.75 Å². The maximum Gasteiger partial charge on any atom is 0.415 e. The summed E-state index contributed by atoms with van der Waals surface area (Å²) in [4.78, 5) is 26.9. The monoisotopic (exact) mass is 262 g/mol. The Morgan fingerprint density at radius 3 is 2.21 bits per heavy atom. The third kappa shape index (κ3) is 3.47. The zero-order chi connectivity index (χ0) is 13.7. The molecule has 0 N–H and O–H groups in total. The molecule has 1 heterocycles. The number of hydrogen-bond acceptors (Lipinski definition) is 3. The van der Waals surface area contributed by atoms with Crippen LogP contribution in [0.15, 0.2) is 30.3 Å². The topological polar surface area (TPSA) is 49.9 Å². The molecule has 19 heavy (non-hydrogen) atoms. The van der Waals surface area contributed by atoms with Gasteiger partial charge in [0.15, 0.2) is 0 Å². The molecule has 1 saturated heterocycles. The van der Waals surface area contributed by atoms with Crippen LogP contribution in [-0.4, -0.2) is 48.0 Å². The first kappa shape index (κ1) is 13.4. The lowest BCUT2D eigenvalue weighted by Crippen LogP contribution is -2.51. The highest BCUT2D eigenvalue weighted by atomic mass is 16.6. The fourth-order valence-electron chi connectivity index (χ4n) is 2.02. The average Bonchev–Trinajstić information content (AvgIpc) is 2.47. The van der Waals surface area contributed by atoms with Crippen molar-refractivity contribution in [3.8, 4) is 5.75 Å². The number of benzene rings is 1. The van der Waals surface area contributed by atoms with Crippen molar-refractivity contribution in [1.29, 1.82) is 0 Å². The van der Waals surface area contributed by atoms with Crippen LogP contribution in [0.2, 0.25) is 0 Å². The zero-order valence-corrected chi connectivity index (χ0v) is 11.0. The first-order valence-electron chi connectivity index (χ1n) is 6.50. The van der Waals surface area contributed by atoms with Crippen molar-refractivity contribution >= 4 is 12.0 Å². The molecule has 0 bridgehead atoms. The van der Waals surface area contributed by atoms with Gasteiger partial charge in [0.25, 0.3) is 0 Å². The molecule has 1 fully saturated rings. The first-order chi connectivity index (χ1) is 9.20. The van der Waals surface area contributed by atoms with E-state index in [1.54, 1.807) is 21.9 Å². The summed E-state index contributed by atoms with van der Waals surface area (Å²) in [5, 5.41) is 0. The van der Waals surface area contributed by atoms with Crippen LogP contribution >= 0.6 is 0 Å². The Bertz CT molecular complexity index is 439. The minimum atomic E-state index is -0.352. The van der Waals surface area contributed by atoms with E-state index in [1.807, 2.05) is 25.1 Å². The van der Waals surface area contributed by atoms with Crippen LogP contribution in [0.5, 0.6) is 5.75 Å². The average molecular weight is 262 g/mol. The van der Waals surface area contributed by atoms with Gasteiger partial charge in [0, 0.05) is 32.6 Å². The number of para-hydroxylation sites is 1. The lowest BCUT2D eigenvalue weighted by atomic mass is 10.3. The lowest BCUT2D eigenvalue weighted by Gasteiger charge is -2.33. The van der Waals surface area contributed by atoms with Gasteiger partial charge in [-0.15, -0.1) is 0 Å². The van der Waals surface area contributed by atoms with Crippen LogP contribution in [0.1, 0.15) is 13.3 Å². The van der Waals surface area contributed by atoms with Gasteiger partial charge in [-0.25, -0.2) is 4.79 Å². The second-order valence-electron chi connectivity index (χ2n) is 4.40. The summed E-state index contributed by atoms with van der Waals surface area (Å²) in [6.45, 7) is 4.06. The van der Waals surface area contributed by atoms with E-state index in [-0.39, 0.29) is 12.0 Å². The van der Waals surface area contributed by atoms with E-state index in [0.717, 1.165) is 0 Å². The van der Waals surface area contributed by atoms with E-state index < -0.39 is 0 Å². The van der Waals surface area contributed by atoms with Crippen molar-refractivity contribution in [2.24, 2.45) is 0 Å². The van der Waals surface area contributed by atoms with Crippen LogP contribution in [-0.2, 0) is 4.79 Å². The molecule has 0 radical (unpaired) electrons. The number of piperazine rings is 1.